The maximum Gasteiger partial charge on any atom is 0.415 e. The Morgan fingerprint density at radius 1 is 1.09 bits per heavy atom. The van der Waals surface area contributed by atoms with Crippen LogP contribution in [-0.4, -0.2) is 47.1 Å². The van der Waals surface area contributed by atoms with Crippen molar-refractivity contribution in [3.8, 4) is 0 Å². The number of carbonyl (C=O) groups is 2. The van der Waals surface area contributed by atoms with Crippen LogP contribution in [0.3, 0.4) is 0 Å². The standard InChI is InChI=1S/C25H21ClFN3O3/c26-18-5-2-8-21(14-18)30-16-25(33-24(30)32)10-11-29(15-25)23(31)22-9-3-7-20(28-22)13-17-4-1-6-19(27)12-17/h1-9,12,14H,10-11,13,15-16H2. The molecule has 1 spiro atoms. The van der Waals surface area contributed by atoms with Crippen molar-refractivity contribution in [1.82, 2.24) is 9.88 Å². The van der Waals surface area contributed by atoms with Gasteiger partial charge in [0, 0.05) is 35.8 Å². The van der Waals surface area contributed by atoms with Crippen molar-refractivity contribution in [2.24, 2.45) is 0 Å². The Labute approximate surface area is 195 Å². The summed E-state index contributed by atoms with van der Waals surface area (Å²) >= 11 is 6.07. The fourth-order valence-electron chi connectivity index (χ4n) is 4.41. The number of pyridine rings is 1. The monoisotopic (exact) mass is 465 g/mol. The van der Waals surface area contributed by atoms with Gasteiger partial charge in [0.2, 0.25) is 0 Å². The molecule has 0 bridgehead atoms. The number of aromatic nitrogens is 1. The molecular weight excluding hydrogens is 445 g/mol. The predicted octanol–water partition coefficient (Wildman–Crippen LogP) is 4.71. The largest absolute Gasteiger partial charge is 0.439 e. The van der Waals surface area contributed by atoms with E-state index in [2.05, 4.69) is 4.98 Å². The van der Waals surface area contributed by atoms with Gasteiger partial charge in [0.1, 0.15) is 11.5 Å². The minimum Gasteiger partial charge on any atom is -0.439 e. The molecule has 2 aromatic carbocycles. The normalized spacial score (nSPS) is 19.9. The van der Waals surface area contributed by atoms with Crippen molar-refractivity contribution < 1.29 is 18.7 Å². The van der Waals surface area contributed by atoms with E-state index in [9.17, 15) is 14.0 Å². The van der Waals surface area contributed by atoms with Crippen LogP contribution in [0.4, 0.5) is 14.9 Å². The number of amides is 2. The number of ether oxygens (including phenoxy) is 1. The van der Waals surface area contributed by atoms with Gasteiger partial charge >= 0.3 is 6.09 Å². The van der Waals surface area contributed by atoms with Crippen LogP contribution in [0, 0.1) is 5.82 Å². The van der Waals surface area contributed by atoms with Crippen molar-refractivity contribution in [3.63, 3.8) is 0 Å². The number of benzene rings is 2. The minimum atomic E-state index is -0.756. The van der Waals surface area contributed by atoms with Crippen LogP contribution in [0.25, 0.3) is 0 Å². The maximum atomic E-state index is 13.5. The second-order valence-electron chi connectivity index (χ2n) is 8.41. The number of anilines is 1. The Kier molecular flexibility index (Phi) is 5.50. The number of carbonyl (C=O) groups excluding carboxylic acids is 2. The molecule has 6 nitrogen and oxygen atoms in total. The van der Waals surface area contributed by atoms with Crippen molar-refractivity contribution in [1.29, 1.82) is 0 Å². The summed E-state index contributed by atoms with van der Waals surface area (Å²) in [4.78, 5) is 33.4. The van der Waals surface area contributed by atoms with Crippen molar-refractivity contribution >= 4 is 29.3 Å². The summed E-state index contributed by atoms with van der Waals surface area (Å²) < 4.78 is 19.2. The van der Waals surface area contributed by atoms with Crippen molar-refractivity contribution in [2.45, 2.75) is 18.4 Å². The molecule has 1 unspecified atom stereocenters. The Balaban J connectivity index is 1.29. The highest BCUT2D eigenvalue weighted by molar-refractivity contribution is 6.30. The van der Waals surface area contributed by atoms with Crippen LogP contribution in [0.2, 0.25) is 5.02 Å². The molecule has 2 aliphatic heterocycles. The lowest BCUT2D eigenvalue weighted by atomic mass is 10.0. The van der Waals surface area contributed by atoms with E-state index in [1.807, 2.05) is 12.1 Å². The van der Waals surface area contributed by atoms with Crippen LogP contribution in [-0.2, 0) is 11.2 Å². The summed E-state index contributed by atoms with van der Waals surface area (Å²) in [6, 6.07) is 18.6. The second-order valence-corrected chi connectivity index (χ2v) is 8.85. The second kappa shape index (κ2) is 8.48. The van der Waals surface area contributed by atoms with E-state index in [-0.39, 0.29) is 11.7 Å². The Morgan fingerprint density at radius 2 is 1.91 bits per heavy atom. The van der Waals surface area contributed by atoms with E-state index in [0.29, 0.717) is 54.6 Å². The molecule has 0 radical (unpaired) electrons. The average molecular weight is 466 g/mol. The third-order valence-corrected chi connectivity index (χ3v) is 6.23. The fourth-order valence-corrected chi connectivity index (χ4v) is 4.60. The summed E-state index contributed by atoms with van der Waals surface area (Å²) in [5.74, 6) is -0.523. The molecule has 5 rings (SSSR count). The van der Waals surface area contributed by atoms with Crippen LogP contribution < -0.4 is 4.90 Å². The number of halogens is 2. The van der Waals surface area contributed by atoms with E-state index in [1.165, 1.54) is 12.1 Å². The molecule has 0 aliphatic carbocycles. The quantitative estimate of drug-likeness (QED) is 0.560. The number of likely N-dealkylation sites (tertiary alicyclic amines) is 1. The molecule has 8 heteroatoms. The van der Waals surface area contributed by atoms with Gasteiger partial charge in [0.15, 0.2) is 5.60 Å². The zero-order valence-electron chi connectivity index (χ0n) is 17.7. The zero-order valence-corrected chi connectivity index (χ0v) is 18.5. The molecule has 1 atom stereocenters. The first-order valence-corrected chi connectivity index (χ1v) is 11.0. The molecular formula is C25H21ClFN3O3. The lowest BCUT2D eigenvalue weighted by Gasteiger charge is -2.22. The Bertz CT molecular complexity index is 1240. The molecule has 3 aromatic rings. The lowest BCUT2D eigenvalue weighted by molar-refractivity contribution is 0.0551. The highest BCUT2D eigenvalue weighted by atomic mass is 35.5. The number of hydrogen-bond donors (Lipinski definition) is 0. The lowest BCUT2D eigenvalue weighted by Crippen LogP contribution is -2.39. The number of hydrogen-bond acceptors (Lipinski definition) is 4. The third-order valence-electron chi connectivity index (χ3n) is 5.99. The first kappa shape index (κ1) is 21.4. The summed E-state index contributed by atoms with van der Waals surface area (Å²) in [5.41, 5.74) is 1.69. The molecule has 2 fully saturated rings. The summed E-state index contributed by atoms with van der Waals surface area (Å²) in [5, 5.41) is 0.536. The fraction of sp³-hybridized carbons (Fsp3) is 0.240. The van der Waals surface area contributed by atoms with Crippen molar-refractivity contribution in [2.75, 3.05) is 24.5 Å². The molecule has 0 saturated carbocycles. The Morgan fingerprint density at radius 3 is 2.73 bits per heavy atom. The molecule has 2 aliphatic rings. The maximum absolute atomic E-state index is 13.5. The van der Waals surface area contributed by atoms with Gasteiger partial charge in [-0.3, -0.25) is 9.69 Å². The van der Waals surface area contributed by atoms with Gasteiger partial charge in [-0.1, -0.05) is 35.9 Å². The van der Waals surface area contributed by atoms with Gasteiger partial charge < -0.3 is 9.64 Å². The van der Waals surface area contributed by atoms with E-state index in [1.54, 1.807) is 52.3 Å². The zero-order chi connectivity index (χ0) is 23.0. The van der Waals surface area contributed by atoms with E-state index in [4.69, 9.17) is 16.3 Å². The summed E-state index contributed by atoms with van der Waals surface area (Å²) in [6.45, 7) is 1.11. The topological polar surface area (TPSA) is 62.7 Å². The third kappa shape index (κ3) is 4.41. The highest BCUT2D eigenvalue weighted by Crippen LogP contribution is 2.36. The Hall–Kier alpha value is -3.45. The van der Waals surface area contributed by atoms with Gasteiger partial charge in [-0.2, -0.15) is 0 Å². The van der Waals surface area contributed by atoms with Crippen molar-refractivity contribution in [3.05, 3.63) is 94.5 Å². The average Bonchev–Trinajstić information content (AvgIpc) is 3.36. The van der Waals surface area contributed by atoms with Gasteiger partial charge in [-0.25, -0.2) is 14.2 Å². The molecule has 168 valence electrons. The predicted molar refractivity (Wildman–Crippen MR) is 122 cm³/mol. The SMILES string of the molecule is O=C(c1cccc(Cc2cccc(F)c2)n1)N1CCC2(C1)CN(c1cccc(Cl)c1)C(=O)O2. The van der Waals surface area contributed by atoms with Crippen LogP contribution >= 0.6 is 11.6 Å². The molecule has 1 aromatic heterocycles. The minimum absolute atomic E-state index is 0.217. The number of nitrogens with zero attached hydrogens (tertiary/aromatic N) is 3. The summed E-state index contributed by atoms with van der Waals surface area (Å²) in [6.07, 6.45) is 0.529. The smallest absolute Gasteiger partial charge is 0.415 e. The molecule has 3 heterocycles. The van der Waals surface area contributed by atoms with Gasteiger partial charge in [0.25, 0.3) is 5.91 Å². The molecule has 2 saturated heterocycles. The number of rotatable bonds is 4. The van der Waals surface area contributed by atoms with Crippen LogP contribution in [0.15, 0.2) is 66.7 Å². The van der Waals surface area contributed by atoms with E-state index >= 15 is 0 Å². The molecule has 2 amide bonds. The van der Waals surface area contributed by atoms with Gasteiger partial charge in [-0.15, -0.1) is 0 Å². The van der Waals surface area contributed by atoms with E-state index < -0.39 is 11.7 Å². The molecule has 0 N–H and O–H groups in total. The van der Waals surface area contributed by atoms with Gasteiger partial charge in [0.05, 0.1) is 13.1 Å². The highest BCUT2D eigenvalue weighted by Gasteiger charge is 2.51. The van der Waals surface area contributed by atoms with Crippen LogP contribution in [0.1, 0.15) is 28.2 Å². The van der Waals surface area contributed by atoms with Crippen LogP contribution in [0.5, 0.6) is 0 Å². The van der Waals surface area contributed by atoms with Gasteiger partial charge in [-0.05, 0) is 48.0 Å². The first-order valence-electron chi connectivity index (χ1n) is 10.7. The first-order chi connectivity index (χ1) is 15.9. The molecule has 33 heavy (non-hydrogen) atoms. The van der Waals surface area contributed by atoms with E-state index in [0.717, 1.165) is 5.56 Å². The summed E-state index contributed by atoms with van der Waals surface area (Å²) in [7, 11) is 0.